The van der Waals surface area contributed by atoms with Crippen LogP contribution in [0.5, 0.6) is 5.75 Å². The van der Waals surface area contributed by atoms with E-state index < -0.39 is 18.1 Å². The lowest BCUT2D eigenvalue weighted by Crippen LogP contribution is -2.17. The van der Waals surface area contributed by atoms with E-state index in [0.717, 1.165) is 24.3 Å². The van der Waals surface area contributed by atoms with Crippen LogP contribution in [0, 0.1) is 0 Å². The summed E-state index contributed by atoms with van der Waals surface area (Å²) >= 11 is 1.26. The number of rotatable bonds is 4. The van der Waals surface area contributed by atoms with Gasteiger partial charge >= 0.3 is 12.3 Å². The lowest BCUT2D eigenvalue weighted by atomic mass is 10.2. The maximum absolute atomic E-state index is 12.1. The lowest BCUT2D eigenvalue weighted by molar-refractivity contribution is -0.274. The summed E-state index contributed by atoms with van der Waals surface area (Å²) in [5.74, 6) is -1.20. The van der Waals surface area contributed by atoms with E-state index in [2.05, 4.69) is 9.72 Å². The molecule has 0 saturated heterocycles. The van der Waals surface area contributed by atoms with Crippen LogP contribution in [0.4, 0.5) is 13.2 Å². The molecule has 25 heavy (non-hydrogen) atoms. The van der Waals surface area contributed by atoms with Crippen LogP contribution >= 0.6 is 11.3 Å². The fraction of sp³-hybridized carbons (Fsp3) is 0.133. The quantitative estimate of drug-likeness (QED) is 0.661. The monoisotopic (exact) mass is 370 g/mol. The molecule has 0 aliphatic rings. The number of fused-ring (bicyclic) bond motifs is 1. The summed E-state index contributed by atoms with van der Waals surface area (Å²) in [5.41, 5.74) is 0.0206. The molecule has 0 fully saturated rings. The Labute approximate surface area is 142 Å². The molecule has 0 unspecified atom stereocenters. The molecule has 0 N–H and O–H groups in total. The number of alkyl halides is 3. The van der Waals surface area contributed by atoms with Gasteiger partial charge in [-0.1, -0.05) is 0 Å². The third kappa shape index (κ3) is 4.15. The van der Waals surface area contributed by atoms with Gasteiger partial charge in [-0.15, -0.1) is 24.5 Å². The summed E-state index contributed by atoms with van der Waals surface area (Å²) in [7, 11) is 0. The smallest absolute Gasteiger partial charge is 0.456 e. The number of esters is 1. The minimum Gasteiger partial charge on any atom is -0.456 e. The highest BCUT2D eigenvalue weighted by molar-refractivity contribution is 7.15. The molecule has 0 radical (unpaired) electrons. The first-order valence-corrected chi connectivity index (χ1v) is 7.68. The Morgan fingerprint density at radius 1 is 1.24 bits per heavy atom. The van der Waals surface area contributed by atoms with E-state index in [1.807, 2.05) is 0 Å². The Morgan fingerprint density at radius 2 is 1.96 bits per heavy atom. The zero-order valence-corrected chi connectivity index (χ0v) is 13.1. The van der Waals surface area contributed by atoms with Crippen molar-refractivity contribution < 1.29 is 27.4 Å². The van der Waals surface area contributed by atoms with Crippen molar-refractivity contribution in [3.8, 4) is 5.75 Å². The standard InChI is InChI=1S/C15H9F3N2O4S/c16-15(17,18)24-11-3-1-9(2-4-11)13(22)23-8-10-7-12(21)20-5-6-25-14(20)19-10/h1-7H,8H2. The van der Waals surface area contributed by atoms with Crippen LogP contribution in [-0.2, 0) is 11.3 Å². The third-order valence-electron chi connectivity index (χ3n) is 3.03. The molecule has 0 amide bonds. The topological polar surface area (TPSA) is 69.9 Å². The van der Waals surface area contributed by atoms with Crippen LogP contribution in [-0.4, -0.2) is 21.7 Å². The number of carbonyl (C=O) groups is 1. The number of benzene rings is 1. The van der Waals surface area contributed by atoms with E-state index in [1.54, 1.807) is 11.6 Å². The van der Waals surface area contributed by atoms with E-state index in [-0.39, 0.29) is 23.4 Å². The molecule has 0 atom stereocenters. The fourth-order valence-electron chi connectivity index (χ4n) is 1.98. The van der Waals surface area contributed by atoms with E-state index in [4.69, 9.17) is 4.74 Å². The molecule has 10 heteroatoms. The van der Waals surface area contributed by atoms with Crippen LogP contribution < -0.4 is 10.3 Å². The Bertz CT molecular complexity index is 963. The largest absolute Gasteiger partial charge is 0.573 e. The summed E-state index contributed by atoms with van der Waals surface area (Å²) < 4.78 is 46.3. The second-order valence-corrected chi connectivity index (χ2v) is 5.66. The van der Waals surface area contributed by atoms with Gasteiger partial charge in [-0.05, 0) is 24.3 Å². The molecule has 130 valence electrons. The molecule has 0 aliphatic carbocycles. The molecular formula is C15H9F3N2O4S. The Kier molecular flexibility index (Phi) is 4.45. The van der Waals surface area contributed by atoms with Crippen molar-refractivity contribution in [3.63, 3.8) is 0 Å². The number of aromatic nitrogens is 2. The summed E-state index contributed by atoms with van der Waals surface area (Å²) in [6.45, 7) is -0.233. The molecule has 0 spiro atoms. The predicted molar refractivity (Wildman–Crippen MR) is 81.6 cm³/mol. The van der Waals surface area contributed by atoms with Gasteiger partial charge in [0.15, 0.2) is 4.96 Å². The van der Waals surface area contributed by atoms with Crippen LogP contribution in [0.2, 0.25) is 0 Å². The first kappa shape index (κ1) is 17.0. The predicted octanol–water partition coefficient (Wildman–Crippen LogP) is 3.01. The molecule has 0 bridgehead atoms. The van der Waals surface area contributed by atoms with Gasteiger partial charge in [0.1, 0.15) is 12.4 Å². The van der Waals surface area contributed by atoms with Crippen molar-refractivity contribution >= 4 is 22.3 Å². The highest BCUT2D eigenvalue weighted by Gasteiger charge is 2.31. The van der Waals surface area contributed by atoms with Crippen molar-refractivity contribution in [2.24, 2.45) is 0 Å². The number of hydrogen-bond donors (Lipinski definition) is 0. The van der Waals surface area contributed by atoms with E-state index in [9.17, 15) is 22.8 Å². The number of carbonyl (C=O) groups excluding carboxylic acids is 1. The van der Waals surface area contributed by atoms with Gasteiger partial charge < -0.3 is 9.47 Å². The van der Waals surface area contributed by atoms with Gasteiger partial charge in [-0.3, -0.25) is 9.20 Å². The normalized spacial score (nSPS) is 11.5. The van der Waals surface area contributed by atoms with Crippen molar-refractivity contribution in [1.29, 1.82) is 0 Å². The minimum atomic E-state index is -4.80. The Balaban J connectivity index is 1.66. The van der Waals surface area contributed by atoms with Gasteiger partial charge in [0.25, 0.3) is 5.56 Å². The number of hydrogen-bond acceptors (Lipinski definition) is 6. The summed E-state index contributed by atoms with van der Waals surface area (Å²) in [4.78, 5) is 28.4. The molecule has 2 aromatic heterocycles. The zero-order valence-electron chi connectivity index (χ0n) is 12.3. The molecule has 0 aliphatic heterocycles. The van der Waals surface area contributed by atoms with Gasteiger partial charge in [0.05, 0.1) is 11.3 Å². The summed E-state index contributed by atoms with van der Waals surface area (Å²) in [5, 5.41) is 1.70. The van der Waals surface area contributed by atoms with Gasteiger partial charge in [-0.25, -0.2) is 9.78 Å². The van der Waals surface area contributed by atoms with Crippen molar-refractivity contribution in [2.45, 2.75) is 13.0 Å². The van der Waals surface area contributed by atoms with Gasteiger partial charge in [0, 0.05) is 17.6 Å². The maximum Gasteiger partial charge on any atom is 0.573 e. The first-order chi connectivity index (χ1) is 11.8. The van der Waals surface area contributed by atoms with Crippen LogP contribution in [0.25, 0.3) is 4.96 Å². The maximum atomic E-state index is 12.1. The fourth-order valence-corrected chi connectivity index (χ4v) is 2.72. The van der Waals surface area contributed by atoms with Gasteiger partial charge in [0.2, 0.25) is 0 Å². The zero-order chi connectivity index (χ0) is 18.0. The highest BCUT2D eigenvalue weighted by Crippen LogP contribution is 2.23. The number of ether oxygens (including phenoxy) is 2. The second-order valence-electron chi connectivity index (χ2n) is 4.79. The van der Waals surface area contributed by atoms with Crippen molar-refractivity contribution in [3.05, 3.63) is 63.5 Å². The van der Waals surface area contributed by atoms with Crippen molar-refractivity contribution in [1.82, 2.24) is 9.38 Å². The van der Waals surface area contributed by atoms with E-state index >= 15 is 0 Å². The summed E-state index contributed by atoms with van der Waals surface area (Å²) in [6.07, 6.45) is -3.22. The van der Waals surface area contributed by atoms with Crippen LogP contribution in [0.3, 0.4) is 0 Å². The van der Waals surface area contributed by atoms with Gasteiger partial charge in [-0.2, -0.15) is 0 Å². The van der Waals surface area contributed by atoms with Crippen LogP contribution in [0.1, 0.15) is 16.1 Å². The van der Waals surface area contributed by atoms with E-state index in [1.165, 1.54) is 21.8 Å². The average Bonchev–Trinajstić information content (AvgIpc) is 3.01. The number of halogens is 3. The second kappa shape index (κ2) is 6.55. The molecule has 3 aromatic rings. The first-order valence-electron chi connectivity index (χ1n) is 6.80. The summed E-state index contributed by atoms with van der Waals surface area (Å²) in [6, 6.07) is 5.55. The Hall–Kier alpha value is -2.88. The molecule has 0 saturated carbocycles. The molecular weight excluding hydrogens is 361 g/mol. The molecule has 2 heterocycles. The average molecular weight is 370 g/mol. The third-order valence-corrected chi connectivity index (χ3v) is 3.79. The number of nitrogens with zero attached hydrogens (tertiary/aromatic N) is 2. The Morgan fingerprint density at radius 3 is 2.64 bits per heavy atom. The molecule has 3 rings (SSSR count). The minimum absolute atomic E-state index is 0.0449. The van der Waals surface area contributed by atoms with Crippen LogP contribution in [0.15, 0.2) is 46.7 Å². The number of thiazole rings is 1. The lowest BCUT2D eigenvalue weighted by Gasteiger charge is -2.09. The SMILES string of the molecule is O=C(OCc1cc(=O)n2ccsc2n1)c1ccc(OC(F)(F)F)cc1. The van der Waals surface area contributed by atoms with Crippen molar-refractivity contribution in [2.75, 3.05) is 0 Å². The molecule has 1 aromatic carbocycles. The highest BCUT2D eigenvalue weighted by atomic mass is 32.1. The van der Waals surface area contributed by atoms with E-state index in [0.29, 0.717) is 4.96 Å². The molecule has 6 nitrogen and oxygen atoms in total.